The second-order valence-electron chi connectivity index (χ2n) is 22.4. The highest BCUT2D eigenvalue weighted by Crippen LogP contribution is 2.25. The highest BCUT2D eigenvalue weighted by molar-refractivity contribution is 8.76. The Bertz CT molecular complexity index is 3530. The van der Waals surface area contributed by atoms with Crippen molar-refractivity contribution in [3.8, 4) is 5.75 Å². The lowest BCUT2D eigenvalue weighted by molar-refractivity contribution is -0.141. The van der Waals surface area contributed by atoms with Crippen molar-refractivity contribution >= 4 is 91.7 Å². The van der Waals surface area contributed by atoms with Gasteiger partial charge in [0, 0.05) is 67.3 Å². The first-order valence-electron chi connectivity index (χ1n) is 30.2. The number of aromatic nitrogens is 1. The number of carboxylic acids is 1. The maximum absolute atomic E-state index is 15.3. The summed E-state index contributed by atoms with van der Waals surface area (Å²) in [7, 11) is 1.77. The number of aliphatic hydroxyl groups is 1. The van der Waals surface area contributed by atoms with Gasteiger partial charge in [0.15, 0.2) is 0 Å². The number of aromatic hydroxyl groups is 1. The number of hydrogen-bond acceptors (Lipinski definition) is 16. The Labute approximate surface area is 544 Å². The fraction of sp³-hybridized carbons (Fsp3) is 0.354. The molecule has 7 rings (SSSR count). The highest BCUT2D eigenvalue weighted by Gasteiger charge is 2.37. The summed E-state index contributed by atoms with van der Waals surface area (Å²) in [6.45, 7) is 1.62. The normalized spacial score (nSPS) is 21.7. The van der Waals surface area contributed by atoms with Gasteiger partial charge < -0.3 is 85.4 Å². The average Bonchev–Trinajstić information content (AvgIpc) is 1.86. The fourth-order valence-electron chi connectivity index (χ4n) is 10.3. The minimum atomic E-state index is -1.77. The van der Waals surface area contributed by atoms with E-state index in [0.29, 0.717) is 45.1 Å². The van der Waals surface area contributed by atoms with Crippen LogP contribution in [-0.4, -0.2) is 158 Å². The first kappa shape index (κ1) is 71.0. The monoisotopic (exact) mass is 1310 g/mol. The van der Waals surface area contributed by atoms with Crippen LogP contribution in [0.1, 0.15) is 59.6 Å². The van der Waals surface area contributed by atoms with Gasteiger partial charge in [-0.3, -0.25) is 38.4 Å². The molecule has 0 unspecified atom stereocenters. The Hall–Kier alpha value is -9.48. The van der Waals surface area contributed by atoms with E-state index in [1.165, 1.54) is 31.2 Å². The van der Waals surface area contributed by atoms with E-state index in [-0.39, 0.29) is 75.3 Å². The lowest BCUT2D eigenvalue weighted by atomic mass is 9.99. The van der Waals surface area contributed by atoms with Crippen LogP contribution in [0.2, 0.25) is 0 Å². The number of aliphatic hydroxyl groups excluding tert-OH is 1. The molecule has 6 aromatic rings. The number of para-hydroxylation sites is 1. The van der Waals surface area contributed by atoms with E-state index < -0.39 is 120 Å². The van der Waals surface area contributed by atoms with Crippen LogP contribution in [0, 0.1) is 0 Å². The number of amides is 10. The number of fused-ring (bicyclic) bond motifs is 1. The molecule has 19 N–H and O–H groups in total. The molecule has 10 atom stereocenters. The second-order valence-corrected chi connectivity index (χ2v) is 25.0. The molecule has 1 aliphatic rings. The Kier molecular flexibility index (Phi) is 27.0. The number of nitrogens with one attached hydrogen (secondary N) is 10. The number of phenols is 1. The molecule has 93 heavy (non-hydrogen) atoms. The minimum Gasteiger partial charge on any atom is -0.508 e. The Balaban J connectivity index is 1.32. The van der Waals surface area contributed by atoms with Gasteiger partial charge in [0.05, 0.1) is 6.10 Å². The average molecular weight is 1310 g/mol. The number of hydrogen-bond donors (Lipinski definition) is 16. The number of rotatable bonds is 20. The van der Waals surface area contributed by atoms with Crippen LogP contribution >= 0.6 is 21.6 Å². The first-order valence-corrected chi connectivity index (χ1v) is 32.7. The number of carboxylic acid groups (broad SMARTS) is 1. The van der Waals surface area contributed by atoms with Crippen molar-refractivity contribution in [1.82, 2.24) is 52.8 Å². The number of carbonyl (C=O) groups excluding carboxylic acids is 9. The zero-order chi connectivity index (χ0) is 67.0. The van der Waals surface area contributed by atoms with Crippen molar-refractivity contribution in [1.29, 1.82) is 0 Å². The quantitative estimate of drug-likeness (QED) is 0.0370. The van der Waals surface area contributed by atoms with Crippen LogP contribution < -0.4 is 65.1 Å². The van der Waals surface area contributed by atoms with E-state index in [0.717, 1.165) is 27.2 Å². The number of benzene rings is 5. The van der Waals surface area contributed by atoms with Crippen LogP contribution in [0.15, 0.2) is 140 Å². The van der Waals surface area contributed by atoms with Crippen LogP contribution in [0.25, 0.3) is 10.9 Å². The molecular weight excluding hydrogens is 1230 g/mol. The van der Waals surface area contributed by atoms with Gasteiger partial charge in [0.25, 0.3) is 0 Å². The summed E-state index contributed by atoms with van der Waals surface area (Å²) in [5.74, 6) is -9.76. The molecule has 1 fully saturated rings. The molecule has 0 radical (unpaired) electrons. The van der Waals surface area contributed by atoms with E-state index in [4.69, 9.17) is 17.2 Å². The van der Waals surface area contributed by atoms with Gasteiger partial charge in [-0.1, -0.05) is 137 Å². The first-order chi connectivity index (χ1) is 44.7. The summed E-state index contributed by atoms with van der Waals surface area (Å²) in [5.41, 5.74) is 21.5. The maximum Gasteiger partial charge on any atom is 0.327 e. The zero-order valence-corrected chi connectivity index (χ0v) is 52.6. The van der Waals surface area contributed by atoms with Crippen LogP contribution in [0.4, 0.5) is 4.79 Å². The van der Waals surface area contributed by atoms with Crippen LogP contribution in [0.3, 0.4) is 0 Å². The minimum absolute atomic E-state index is 0.0518. The lowest BCUT2D eigenvalue weighted by Crippen LogP contribution is -2.62. The molecule has 494 valence electrons. The largest absolute Gasteiger partial charge is 0.508 e. The molecule has 10 amide bonds. The van der Waals surface area contributed by atoms with Crippen molar-refractivity contribution in [2.24, 2.45) is 17.2 Å². The number of primary amides is 1. The second kappa shape index (κ2) is 35.4. The van der Waals surface area contributed by atoms with Crippen LogP contribution in [-0.2, 0) is 81.8 Å². The van der Waals surface area contributed by atoms with Gasteiger partial charge >= 0.3 is 12.0 Å². The molecule has 28 heteroatoms. The summed E-state index contributed by atoms with van der Waals surface area (Å²) in [4.78, 5) is 147. The van der Waals surface area contributed by atoms with Gasteiger partial charge in [-0.25, -0.2) is 9.59 Å². The zero-order valence-electron chi connectivity index (χ0n) is 51.0. The predicted octanol–water partition coefficient (Wildman–Crippen LogP) is 0.750. The molecule has 1 aliphatic heterocycles. The molecular formula is C65H79N13O13S2. The highest BCUT2D eigenvalue weighted by atomic mass is 33.1. The Morgan fingerprint density at radius 1 is 0.559 bits per heavy atom. The molecule has 2 heterocycles. The Morgan fingerprint density at radius 3 is 1.60 bits per heavy atom. The number of urea groups is 1. The molecule has 0 aliphatic carbocycles. The third kappa shape index (κ3) is 21.8. The smallest absolute Gasteiger partial charge is 0.327 e. The van der Waals surface area contributed by atoms with Gasteiger partial charge in [0.1, 0.15) is 60.1 Å². The Morgan fingerprint density at radius 2 is 1.04 bits per heavy atom. The number of unbranched alkanes of at least 4 members (excludes halogenated alkanes) is 1. The van der Waals surface area contributed by atoms with E-state index in [2.05, 4.69) is 52.8 Å². The topological polar surface area (TPSA) is 434 Å². The van der Waals surface area contributed by atoms with E-state index in [9.17, 15) is 44.1 Å². The predicted molar refractivity (Wildman–Crippen MR) is 351 cm³/mol. The SMILES string of the molecule is C[C@@H](O)[C@@H]1NC(=O)[C@H](CCCCN)NC(=O)[C@@H](Cc2c[nH]c3ccccc23)NC(=O)[C@H](Cc2ccc(CN)cc2)NC(=O)[C@H](Cc2ccccc2)NC(=O)[C@@H](NC(=O)[C@H](Cc2ccc(O)cc2)NC(N)=O)CSSC[C@@H](C(=O)O)NC(=O)[C@H](Cc2ccccc2)NC1=O. The number of carbonyl (C=O) groups is 10. The van der Waals surface area contributed by atoms with Gasteiger partial charge in [-0.15, -0.1) is 0 Å². The van der Waals surface area contributed by atoms with E-state index in [1.807, 2.05) is 12.1 Å². The molecule has 1 aromatic heterocycles. The third-order valence-electron chi connectivity index (χ3n) is 15.3. The molecule has 0 spiro atoms. The third-order valence-corrected chi connectivity index (χ3v) is 17.8. The van der Waals surface area contributed by atoms with Crippen LogP contribution in [0.5, 0.6) is 5.75 Å². The summed E-state index contributed by atoms with van der Waals surface area (Å²) in [6, 6.07) is 21.8. The number of nitrogens with two attached hydrogens (primary N) is 3. The van der Waals surface area contributed by atoms with Crippen molar-refractivity contribution < 1.29 is 63.3 Å². The van der Waals surface area contributed by atoms with Crippen molar-refractivity contribution in [3.63, 3.8) is 0 Å². The summed E-state index contributed by atoms with van der Waals surface area (Å²) in [5, 5.41) is 56.2. The van der Waals surface area contributed by atoms with E-state index >= 15 is 19.2 Å². The summed E-state index contributed by atoms with van der Waals surface area (Å²) >= 11 is 0. The number of aliphatic carboxylic acids is 1. The fourth-order valence-corrected chi connectivity index (χ4v) is 12.6. The molecule has 0 saturated carbocycles. The van der Waals surface area contributed by atoms with Gasteiger partial charge in [0.2, 0.25) is 47.3 Å². The van der Waals surface area contributed by atoms with Gasteiger partial charge in [-0.05, 0) is 84.3 Å². The van der Waals surface area contributed by atoms with Gasteiger partial charge in [-0.2, -0.15) is 0 Å². The summed E-state index contributed by atoms with van der Waals surface area (Å²) in [6.07, 6.45) is -0.273. The van der Waals surface area contributed by atoms with Crippen molar-refractivity contribution in [2.45, 2.75) is 125 Å². The number of H-pyrrole nitrogens is 1. The molecule has 26 nitrogen and oxygen atoms in total. The number of aromatic amines is 1. The summed E-state index contributed by atoms with van der Waals surface area (Å²) < 4.78 is 0. The molecule has 1 saturated heterocycles. The van der Waals surface area contributed by atoms with E-state index in [1.54, 1.807) is 103 Å². The lowest BCUT2D eigenvalue weighted by Gasteiger charge is -2.29. The van der Waals surface area contributed by atoms with Crippen molar-refractivity contribution in [2.75, 3.05) is 18.1 Å². The molecule has 5 aromatic carbocycles. The van der Waals surface area contributed by atoms with Crippen molar-refractivity contribution in [3.05, 3.63) is 173 Å². The molecule has 0 bridgehead atoms. The maximum atomic E-state index is 15.3. The standard InChI is InChI=1S/C65H79N13O13S2/c1-37(79)55-63(88)74-50(29-39-14-6-3-7-15-39)59(84)76-54(64(89)90)36-93-92-35-53(75-60(85)51(77-65(68)91)31-41-23-25-44(80)26-24-41)62(87)72-48(28-38-12-4-2-5-13-38)57(82)71-49(30-40-19-21-42(33-67)22-20-40)58(83)73-52(32-43-34-69-46-17-9-8-16-45(43)46)61(86)70-47(56(81)78-55)18-10-11-27-66/h2-9,12-17,19-26,34,37,47-55,69,79-80H,10-11,18,27-33,35-36,66-67H2,1H3,(H,70,86)(H,71,82)(H,72,87)(H,73,83)(H,74,88)(H,75,85)(H,76,84)(H,78,81)(H,89,90)(H3,68,77,91)/t37-,47+,48+,49+,50+,51+,52-,53+,54+,55+/m1/s1. The number of phenolic OH excluding ortho intramolecular Hbond substituents is 1.